The zero-order chi connectivity index (χ0) is 15.3. The van der Waals surface area contributed by atoms with E-state index in [1.54, 1.807) is 19.9 Å². The molecule has 0 aliphatic rings. The highest BCUT2D eigenvalue weighted by molar-refractivity contribution is 5.21. The molecule has 2 nitrogen and oxygen atoms in total. The molecule has 0 bridgehead atoms. The first kappa shape index (κ1) is 16.9. The van der Waals surface area contributed by atoms with Crippen molar-refractivity contribution in [1.82, 2.24) is 4.90 Å². The Hall–Kier alpha value is -1.14. The molecule has 0 fully saturated rings. The molecule has 1 aromatic rings. The van der Waals surface area contributed by atoms with Crippen LogP contribution < -0.4 is 5.73 Å². The Morgan fingerprint density at radius 3 is 2.40 bits per heavy atom. The number of benzene rings is 1. The Morgan fingerprint density at radius 1 is 1.30 bits per heavy atom. The van der Waals surface area contributed by atoms with Crippen molar-refractivity contribution in [2.24, 2.45) is 5.73 Å². The zero-order valence-electron chi connectivity index (χ0n) is 11.6. The molecule has 1 rings (SSSR count). The number of halogens is 4. The van der Waals surface area contributed by atoms with Gasteiger partial charge in [0.2, 0.25) is 0 Å². The van der Waals surface area contributed by atoms with Gasteiger partial charge in [-0.25, -0.2) is 4.39 Å². The second-order valence-corrected chi connectivity index (χ2v) is 4.94. The summed E-state index contributed by atoms with van der Waals surface area (Å²) < 4.78 is 51.4. The molecule has 114 valence electrons. The van der Waals surface area contributed by atoms with Gasteiger partial charge in [0.25, 0.3) is 0 Å². The highest BCUT2D eigenvalue weighted by atomic mass is 19.4. The van der Waals surface area contributed by atoms with Crippen molar-refractivity contribution in [1.29, 1.82) is 0 Å². The minimum atomic E-state index is -4.31. The monoisotopic (exact) mass is 292 g/mol. The lowest BCUT2D eigenvalue weighted by Gasteiger charge is -2.35. The van der Waals surface area contributed by atoms with Crippen molar-refractivity contribution in [3.63, 3.8) is 0 Å². The summed E-state index contributed by atoms with van der Waals surface area (Å²) in [5, 5.41) is 0. The molecule has 0 spiro atoms. The molecular formula is C14H20F4N2. The van der Waals surface area contributed by atoms with Gasteiger partial charge in [-0.05, 0) is 37.6 Å². The SMILES string of the molecule is CCCN(CC(F)(F)F)C(c1cccc(F)c1)C(C)N. The summed E-state index contributed by atoms with van der Waals surface area (Å²) in [6.07, 6.45) is -3.75. The summed E-state index contributed by atoms with van der Waals surface area (Å²) in [6, 6.07) is 4.40. The fourth-order valence-corrected chi connectivity index (χ4v) is 2.37. The average Bonchev–Trinajstić information content (AvgIpc) is 2.26. The number of alkyl halides is 3. The summed E-state index contributed by atoms with van der Waals surface area (Å²) in [7, 11) is 0. The van der Waals surface area contributed by atoms with Gasteiger partial charge < -0.3 is 5.73 Å². The van der Waals surface area contributed by atoms with E-state index in [1.165, 1.54) is 23.1 Å². The van der Waals surface area contributed by atoms with Crippen LogP contribution in [0.2, 0.25) is 0 Å². The van der Waals surface area contributed by atoms with E-state index in [1.807, 2.05) is 0 Å². The second-order valence-electron chi connectivity index (χ2n) is 4.94. The van der Waals surface area contributed by atoms with Crippen molar-refractivity contribution in [2.75, 3.05) is 13.1 Å². The van der Waals surface area contributed by atoms with Crippen LogP contribution in [0.5, 0.6) is 0 Å². The fraction of sp³-hybridized carbons (Fsp3) is 0.571. The molecule has 0 aromatic heterocycles. The summed E-state index contributed by atoms with van der Waals surface area (Å²) >= 11 is 0. The Bertz CT molecular complexity index is 418. The van der Waals surface area contributed by atoms with Gasteiger partial charge in [0, 0.05) is 6.04 Å². The van der Waals surface area contributed by atoms with Crippen LogP contribution in [-0.4, -0.2) is 30.2 Å². The van der Waals surface area contributed by atoms with E-state index in [4.69, 9.17) is 5.73 Å². The normalized spacial score (nSPS) is 15.4. The van der Waals surface area contributed by atoms with Crippen LogP contribution in [0.4, 0.5) is 17.6 Å². The summed E-state index contributed by atoms with van der Waals surface area (Å²) in [4.78, 5) is 1.26. The first-order valence-corrected chi connectivity index (χ1v) is 6.56. The minimum absolute atomic E-state index is 0.252. The van der Waals surface area contributed by atoms with Crippen LogP contribution >= 0.6 is 0 Å². The summed E-state index contributed by atoms with van der Waals surface area (Å²) in [5.74, 6) is -0.475. The highest BCUT2D eigenvalue weighted by Crippen LogP contribution is 2.28. The summed E-state index contributed by atoms with van der Waals surface area (Å²) in [6.45, 7) is 2.63. The van der Waals surface area contributed by atoms with Crippen LogP contribution in [0, 0.1) is 5.82 Å². The van der Waals surface area contributed by atoms with Crippen molar-refractivity contribution in [3.8, 4) is 0 Å². The van der Waals surface area contributed by atoms with Crippen LogP contribution in [-0.2, 0) is 0 Å². The predicted octanol–water partition coefficient (Wildman–Crippen LogP) is 3.49. The van der Waals surface area contributed by atoms with E-state index >= 15 is 0 Å². The molecule has 0 saturated carbocycles. The van der Waals surface area contributed by atoms with E-state index < -0.39 is 30.6 Å². The number of nitrogens with zero attached hydrogens (tertiary/aromatic N) is 1. The Kier molecular flexibility index (Phi) is 5.95. The number of hydrogen-bond donors (Lipinski definition) is 1. The number of nitrogens with two attached hydrogens (primary N) is 1. The molecule has 0 heterocycles. The lowest BCUT2D eigenvalue weighted by Crippen LogP contribution is -2.44. The van der Waals surface area contributed by atoms with Crippen LogP contribution in [0.25, 0.3) is 0 Å². The molecule has 0 aliphatic carbocycles. The lowest BCUT2D eigenvalue weighted by molar-refractivity contribution is -0.152. The van der Waals surface area contributed by atoms with E-state index in [0.717, 1.165) is 0 Å². The maximum atomic E-state index is 13.3. The fourth-order valence-electron chi connectivity index (χ4n) is 2.37. The standard InChI is InChI=1S/C14H20F4N2/c1-3-7-20(9-14(16,17)18)13(10(2)19)11-5-4-6-12(15)8-11/h4-6,8,10,13H,3,7,9,19H2,1-2H3. The average molecular weight is 292 g/mol. The van der Waals surface area contributed by atoms with E-state index in [2.05, 4.69) is 0 Å². The van der Waals surface area contributed by atoms with Gasteiger partial charge in [-0.3, -0.25) is 4.90 Å². The topological polar surface area (TPSA) is 29.3 Å². The number of rotatable bonds is 6. The van der Waals surface area contributed by atoms with Gasteiger partial charge >= 0.3 is 6.18 Å². The highest BCUT2D eigenvalue weighted by Gasteiger charge is 2.35. The predicted molar refractivity (Wildman–Crippen MR) is 70.7 cm³/mol. The Labute approximate surface area is 116 Å². The van der Waals surface area contributed by atoms with Crippen molar-refractivity contribution < 1.29 is 17.6 Å². The third kappa shape index (κ3) is 5.09. The Balaban J connectivity index is 3.08. The minimum Gasteiger partial charge on any atom is -0.326 e. The van der Waals surface area contributed by atoms with Gasteiger partial charge in [-0.2, -0.15) is 13.2 Å². The van der Waals surface area contributed by atoms with Gasteiger partial charge in [-0.1, -0.05) is 19.1 Å². The molecule has 0 radical (unpaired) electrons. The maximum Gasteiger partial charge on any atom is 0.401 e. The zero-order valence-corrected chi connectivity index (χ0v) is 11.6. The lowest BCUT2D eigenvalue weighted by atomic mass is 9.98. The largest absolute Gasteiger partial charge is 0.401 e. The van der Waals surface area contributed by atoms with Crippen LogP contribution in [0.1, 0.15) is 31.9 Å². The van der Waals surface area contributed by atoms with Crippen molar-refractivity contribution in [2.45, 2.75) is 38.5 Å². The van der Waals surface area contributed by atoms with Crippen molar-refractivity contribution >= 4 is 0 Å². The second kappa shape index (κ2) is 7.04. The molecule has 0 aliphatic heterocycles. The molecule has 6 heteroatoms. The van der Waals surface area contributed by atoms with E-state index in [0.29, 0.717) is 12.0 Å². The molecule has 2 N–H and O–H groups in total. The van der Waals surface area contributed by atoms with Gasteiger partial charge in [0.15, 0.2) is 0 Å². The van der Waals surface area contributed by atoms with Gasteiger partial charge in [-0.15, -0.1) is 0 Å². The van der Waals surface area contributed by atoms with Gasteiger partial charge in [0.05, 0.1) is 12.6 Å². The van der Waals surface area contributed by atoms with E-state index in [9.17, 15) is 17.6 Å². The van der Waals surface area contributed by atoms with E-state index in [-0.39, 0.29) is 6.54 Å². The molecule has 0 saturated heterocycles. The first-order chi connectivity index (χ1) is 9.24. The molecule has 1 aromatic carbocycles. The quantitative estimate of drug-likeness (QED) is 0.813. The molecule has 0 amide bonds. The molecule has 2 unspecified atom stereocenters. The smallest absolute Gasteiger partial charge is 0.326 e. The Morgan fingerprint density at radius 2 is 1.95 bits per heavy atom. The van der Waals surface area contributed by atoms with Crippen LogP contribution in [0.3, 0.4) is 0 Å². The molecule has 2 atom stereocenters. The number of hydrogen-bond acceptors (Lipinski definition) is 2. The van der Waals surface area contributed by atoms with Crippen LogP contribution in [0.15, 0.2) is 24.3 Å². The third-order valence-corrected chi connectivity index (χ3v) is 2.97. The molecule has 20 heavy (non-hydrogen) atoms. The van der Waals surface area contributed by atoms with Crippen molar-refractivity contribution in [3.05, 3.63) is 35.6 Å². The third-order valence-electron chi connectivity index (χ3n) is 2.97. The molecular weight excluding hydrogens is 272 g/mol. The van der Waals surface area contributed by atoms with Gasteiger partial charge in [0.1, 0.15) is 5.82 Å². The maximum absolute atomic E-state index is 13.3. The summed E-state index contributed by atoms with van der Waals surface area (Å²) in [5.41, 5.74) is 6.31. The first-order valence-electron chi connectivity index (χ1n) is 6.56.